The number of hydrogen-bond acceptors (Lipinski definition) is 2. The second kappa shape index (κ2) is 4.63. The van der Waals surface area contributed by atoms with Crippen LogP contribution < -0.4 is 5.32 Å². The Hall–Kier alpha value is -0.540. The summed E-state index contributed by atoms with van der Waals surface area (Å²) < 4.78 is 1.89. The molecular weight excluding hydrogens is 186 g/mol. The number of aromatic nitrogens is 2. The van der Waals surface area contributed by atoms with Gasteiger partial charge in [-0.2, -0.15) is 5.10 Å². The molecule has 0 bridgehead atoms. The average Bonchev–Trinajstić information content (AvgIpc) is 2.29. The van der Waals surface area contributed by atoms with Crippen LogP contribution in [0.2, 0.25) is 0 Å². The standard InChI is InChI=1S/C9H16ClN3/c1-7(10)5-11-6-9-4-8(2)12-13(9)3/h4,7,11H,5-6H2,1-3H3. The van der Waals surface area contributed by atoms with E-state index >= 15 is 0 Å². The van der Waals surface area contributed by atoms with Crippen molar-refractivity contribution in [2.24, 2.45) is 7.05 Å². The lowest BCUT2D eigenvalue weighted by Crippen LogP contribution is -2.22. The van der Waals surface area contributed by atoms with Gasteiger partial charge < -0.3 is 5.32 Å². The highest BCUT2D eigenvalue weighted by Gasteiger charge is 2.01. The monoisotopic (exact) mass is 201 g/mol. The molecule has 1 heterocycles. The average molecular weight is 202 g/mol. The molecule has 1 aromatic rings. The van der Waals surface area contributed by atoms with E-state index < -0.39 is 0 Å². The Labute approximate surface area is 84.1 Å². The Morgan fingerprint density at radius 2 is 2.38 bits per heavy atom. The number of rotatable bonds is 4. The zero-order valence-corrected chi connectivity index (χ0v) is 9.10. The van der Waals surface area contributed by atoms with Gasteiger partial charge in [0.15, 0.2) is 0 Å². The van der Waals surface area contributed by atoms with Crippen LogP contribution >= 0.6 is 11.6 Å². The number of nitrogens with one attached hydrogen (secondary N) is 1. The maximum Gasteiger partial charge on any atom is 0.0597 e. The highest BCUT2D eigenvalue weighted by Crippen LogP contribution is 2.01. The Kier molecular flexibility index (Phi) is 3.75. The number of hydrogen-bond donors (Lipinski definition) is 1. The van der Waals surface area contributed by atoms with Crippen molar-refractivity contribution in [2.45, 2.75) is 25.8 Å². The van der Waals surface area contributed by atoms with Gasteiger partial charge in [0.05, 0.1) is 11.4 Å². The Balaban J connectivity index is 2.40. The molecule has 1 atom stereocenters. The van der Waals surface area contributed by atoms with Crippen molar-refractivity contribution in [1.82, 2.24) is 15.1 Å². The van der Waals surface area contributed by atoms with Crippen molar-refractivity contribution in [3.05, 3.63) is 17.5 Å². The molecule has 0 saturated carbocycles. The van der Waals surface area contributed by atoms with Gasteiger partial charge in [-0.05, 0) is 19.9 Å². The molecule has 1 N–H and O–H groups in total. The molecule has 0 fully saturated rings. The molecule has 1 unspecified atom stereocenters. The van der Waals surface area contributed by atoms with Gasteiger partial charge in [0.2, 0.25) is 0 Å². The molecule has 0 amide bonds. The van der Waals surface area contributed by atoms with E-state index in [1.807, 2.05) is 25.6 Å². The number of alkyl halides is 1. The minimum Gasteiger partial charge on any atom is -0.310 e. The lowest BCUT2D eigenvalue weighted by Gasteiger charge is -2.05. The largest absolute Gasteiger partial charge is 0.310 e. The fourth-order valence-corrected chi connectivity index (χ4v) is 1.34. The summed E-state index contributed by atoms with van der Waals surface area (Å²) >= 11 is 5.80. The molecule has 0 aliphatic carbocycles. The summed E-state index contributed by atoms with van der Waals surface area (Å²) in [6.45, 7) is 5.62. The van der Waals surface area contributed by atoms with Crippen LogP contribution in [0.5, 0.6) is 0 Å². The first-order valence-electron chi connectivity index (χ1n) is 4.44. The molecule has 74 valence electrons. The van der Waals surface area contributed by atoms with Crippen LogP contribution in [-0.2, 0) is 13.6 Å². The zero-order chi connectivity index (χ0) is 9.84. The number of nitrogens with zero attached hydrogens (tertiary/aromatic N) is 2. The topological polar surface area (TPSA) is 29.9 Å². The van der Waals surface area contributed by atoms with E-state index in [9.17, 15) is 0 Å². The van der Waals surface area contributed by atoms with E-state index in [-0.39, 0.29) is 5.38 Å². The molecule has 0 aromatic carbocycles. The van der Waals surface area contributed by atoms with E-state index in [4.69, 9.17) is 11.6 Å². The summed E-state index contributed by atoms with van der Waals surface area (Å²) in [6, 6.07) is 2.08. The van der Waals surface area contributed by atoms with E-state index in [0.717, 1.165) is 18.8 Å². The van der Waals surface area contributed by atoms with E-state index in [1.165, 1.54) is 5.69 Å². The predicted molar refractivity (Wildman–Crippen MR) is 55.0 cm³/mol. The van der Waals surface area contributed by atoms with Gasteiger partial charge in [-0.15, -0.1) is 11.6 Å². The van der Waals surface area contributed by atoms with E-state index in [0.29, 0.717) is 0 Å². The summed E-state index contributed by atoms with van der Waals surface area (Å²) in [4.78, 5) is 0. The highest BCUT2D eigenvalue weighted by molar-refractivity contribution is 6.20. The minimum atomic E-state index is 0.175. The Morgan fingerprint density at radius 3 is 2.85 bits per heavy atom. The molecule has 0 spiro atoms. The first-order valence-corrected chi connectivity index (χ1v) is 4.87. The van der Waals surface area contributed by atoms with Crippen LogP contribution in [-0.4, -0.2) is 21.7 Å². The van der Waals surface area contributed by atoms with Crippen molar-refractivity contribution in [3.8, 4) is 0 Å². The lowest BCUT2D eigenvalue weighted by molar-refractivity contribution is 0.621. The zero-order valence-electron chi connectivity index (χ0n) is 8.34. The summed E-state index contributed by atoms with van der Waals surface area (Å²) in [5.41, 5.74) is 2.24. The van der Waals surface area contributed by atoms with Gasteiger partial charge in [-0.25, -0.2) is 0 Å². The summed E-state index contributed by atoms with van der Waals surface area (Å²) in [6.07, 6.45) is 0. The first-order chi connectivity index (χ1) is 6.09. The van der Waals surface area contributed by atoms with Crippen LogP contribution in [0.1, 0.15) is 18.3 Å². The van der Waals surface area contributed by atoms with Crippen molar-refractivity contribution >= 4 is 11.6 Å². The van der Waals surface area contributed by atoms with Crippen molar-refractivity contribution < 1.29 is 0 Å². The second-order valence-corrected chi connectivity index (χ2v) is 4.06. The van der Waals surface area contributed by atoms with Gasteiger partial charge in [-0.3, -0.25) is 4.68 Å². The van der Waals surface area contributed by atoms with E-state index in [1.54, 1.807) is 0 Å². The van der Waals surface area contributed by atoms with Gasteiger partial charge in [-0.1, -0.05) is 0 Å². The number of aryl methyl sites for hydroxylation is 2. The lowest BCUT2D eigenvalue weighted by atomic mass is 10.3. The predicted octanol–water partition coefficient (Wildman–Crippen LogP) is 1.45. The molecule has 0 radical (unpaired) electrons. The van der Waals surface area contributed by atoms with Gasteiger partial charge >= 0.3 is 0 Å². The van der Waals surface area contributed by atoms with Crippen LogP contribution in [0, 0.1) is 6.92 Å². The van der Waals surface area contributed by atoms with Gasteiger partial charge in [0.1, 0.15) is 0 Å². The summed E-state index contributed by atoms with van der Waals surface area (Å²) in [7, 11) is 1.95. The van der Waals surface area contributed by atoms with Gasteiger partial charge in [0, 0.05) is 25.5 Å². The molecule has 1 rings (SSSR count). The third-order valence-electron chi connectivity index (χ3n) is 1.83. The minimum absolute atomic E-state index is 0.175. The van der Waals surface area contributed by atoms with Crippen molar-refractivity contribution in [1.29, 1.82) is 0 Å². The highest BCUT2D eigenvalue weighted by atomic mass is 35.5. The summed E-state index contributed by atoms with van der Waals surface area (Å²) in [5.74, 6) is 0. The quantitative estimate of drug-likeness (QED) is 0.748. The van der Waals surface area contributed by atoms with Crippen molar-refractivity contribution in [3.63, 3.8) is 0 Å². The molecule has 4 heteroatoms. The molecule has 0 aliphatic rings. The third kappa shape index (κ3) is 3.36. The summed E-state index contributed by atoms with van der Waals surface area (Å²) in [5, 5.41) is 7.69. The van der Waals surface area contributed by atoms with Crippen LogP contribution in [0.25, 0.3) is 0 Å². The Bertz CT molecular complexity index is 268. The van der Waals surface area contributed by atoms with E-state index in [2.05, 4.69) is 16.5 Å². The third-order valence-corrected chi connectivity index (χ3v) is 1.98. The molecule has 0 saturated heterocycles. The Morgan fingerprint density at radius 1 is 1.69 bits per heavy atom. The molecular formula is C9H16ClN3. The number of halogens is 1. The van der Waals surface area contributed by atoms with Crippen LogP contribution in [0.15, 0.2) is 6.07 Å². The normalized spacial score (nSPS) is 13.2. The SMILES string of the molecule is Cc1cc(CNCC(C)Cl)n(C)n1. The van der Waals surface area contributed by atoms with Crippen molar-refractivity contribution in [2.75, 3.05) is 6.54 Å². The smallest absolute Gasteiger partial charge is 0.0597 e. The molecule has 0 aliphatic heterocycles. The van der Waals surface area contributed by atoms with Crippen LogP contribution in [0.3, 0.4) is 0 Å². The maximum atomic E-state index is 5.80. The molecule has 1 aromatic heterocycles. The second-order valence-electron chi connectivity index (χ2n) is 3.31. The van der Waals surface area contributed by atoms with Gasteiger partial charge in [0.25, 0.3) is 0 Å². The maximum absolute atomic E-state index is 5.80. The molecule has 3 nitrogen and oxygen atoms in total. The fourth-order valence-electron chi connectivity index (χ4n) is 1.23. The van der Waals surface area contributed by atoms with Crippen LogP contribution in [0.4, 0.5) is 0 Å². The fraction of sp³-hybridized carbons (Fsp3) is 0.667. The molecule has 13 heavy (non-hydrogen) atoms. The first kappa shape index (κ1) is 10.5.